The highest BCUT2D eigenvalue weighted by atomic mass is 32.1. The van der Waals surface area contributed by atoms with Crippen LogP contribution in [0.15, 0.2) is 35.2 Å². The van der Waals surface area contributed by atoms with Gasteiger partial charge in [0.25, 0.3) is 0 Å². The number of hydrogen-bond donors (Lipinski definition) is 1. The van der Waals surface area contributed by atoms with Gasteiger partial charge in [0.2, 0.25) is 0 Å². The Morgan fingerprint density at radius 3 is 2.64 bits per heavy atom. The van der Waals surface area contributed by atoms with Gasteiger partial charge >= 0.3 is 5.97 Å². The minimum absolute atomic E-state index is 0.318. The second-order valence-electron chi connectivity index (χ2n) is 2.66. The van der Waals surface area contributed by atoms with E-state index in [0.717, 1.165) is 5.56 Å². The molecule has 1 aromatic rings. The standard InChI is InChI=1S/C11H12O2S/c1-2-13-11(12)10(14)8-9-6-4-3-5-7-9/h3-8,14H,2H2,1H3/b10-8-. The first-order chi connectivity index (χ1) is 6.74. The van der Waals surface area contributed by atoms with Crippen molar-refractivity contribution in [2.24, 2.45) is 0 Å². The molecule has 0 unspecified atom stereocenters. The molecule has 0 N–H and O–H groups in total. The lowest BCUT2D eigenvalue weighted by Crippen LogP contribution is -2.03. The molecule has 0 spiro atoms. The second-order valence-corrected chi connectivity index (χ2v) is 3.14. The van der Waals surface area contributed by atoms with E-state index in [1.54, 1.807) is 13.0 Å². The number of ether oxygens (including phenoxy) is 1. The van der Waals surface area contributed by atoms with E-state index >= 15 is 0 Å². The highest BCUT2D eigenvalue weighted by Crippen LogP contribution is 2.10. The first kappa shape index (κ1) is 10.9. The van der Waals surface area contributed by atoms with E-state index in [-0.39, 0.29) is 5.97 Å². The summed E-state index contributed by atoms with van der Waals surface area (Å²) in [5, 5.41) is 0. The van der Waals surface area contributed by atoms with Crippen LogP contribution in [0.5, 0.6) is 0 Å². The molecule has 0 aliphatic carbocycles. The largest absolute Gasteiger partial charge is 0.462 e. The first-order valence-electron chi connectivity index (χ1n) is 4.37. The molecule has 1 rings (SSSR count). The molecule has 0 radical (unpaired) electrons. The molecule has 3 heteroatoms. The maximum atomic E-state index is 11.2. The molecule has 0 aliphatic rings. The summed E-state index contributed by atoms with van der Waals surface area (Å²) in [6.07, 6.45) is 1.68. The smallest absolute Gasteiger partial charge is 0.344 e. The van der Waals surface area contributed by atoms with Gasteiger partial charge in [0.05, 0.1) is 11.5 Å². The van der Waals surface area contributed by atoms with Crippen molar-refractivity contribution in [3.63, 3.8) is 0 Å². The number of rotatable bonds is 3. The Labute approximate surface area is 89.0 Å². The van der Waals surface area contributed by atoms with Crippen molar-refractivity contribution < 1.29 is 9.53 Å². The third-order valence-corrected chi connectivity index (χ3v) is 1.90. The molecule has 0 saturated carbocycles. The van der Waals surface area contributed by atoms with Crippen molar-refractivity contribution in [2.75, 3.05) is 6.61 Å². The number of hydrogen-bond acceptors (Lipinski definition) is 3. The van der Waals surface area contributed by atoms with Crippen molar-refractivity contribution >= 4 is 24.7 Å². The molecule has 0 amide bonds. The average molecular weight is 208 g/mol. The van der Waals surface area contributed by atoms with Gasteiger partial charge in [-0.1, -0.05) is 30.3 Å². The van der Waals surface area contributed by atoms with Crippen molar-refractivity contribution in [2.45, 2.75) is 6.92 Å². The van der Waals surface area contributed by atoms with Crippen LogP contribution in [0.25, 0.3) is 6.08 Å². The molecule has 0 aromatic heterocycles. The van der Waals surface area contributed by atoms with Gasteiger partial charge in [-0.2, -0.15) is 0 Å². The quantitative estimate of drug-likeness (QED) is 0.469. The van der Waals surface area contributed by atoms with Gasteiger partial charge in [0.15, 0.2) is 0 Å². The van der Waals surface area contributed by atoms with Gasteiger partial charge in [-0.25, -0.2) is 4.79 Å². The lowest BCUT2D eigenvalue weighted by molar-refractivity contribution is -0.137. The lowest BCUT2D eigenvalue weighted by atomic mass is 10.2. The minimum Gasteiger partial charge on any atom is -0.462 e. The average Bonchev–Trinajstić information content (AvgIpc) is 2.19. The van der Waals surface area contributed by atoms with Gasteiger partial charge in [0.1, 0.15) is 0 Å². The van der Waals surface area contributed by atoms with Gasteiger partial charge in [-0.15, -0.1) is 12.6 Å². The van der Waals surface area contributed by atoms with Crippen LogP contribution >= 0.6 is 12.6 Å². The number of carbonyl (C=O) groups excluding carboxylic acids is 1. The van der Waals surface area contributed by atoms with E-state index in [4.69, 9.17) is 4.74 Å². The van der Waals surface area contributed by atoms with Crippen LogP contribution in [-0.2, 0) is 9.53 Å². The minimum atomic E-state index is -0.389. The van der Waals surface area contributed by atoms with E-state index < -0.39 is 0 Å². The number of benzene rings is 1. The zero-order valence-electron chi connectivity index (χ0n) is 7.93. The predicted octanol–water partition coefficient (Wildman–Crippen LogP) is 2.52. The monoisotopic (exact) mass is 208 g/mol. The Balaban J connectivity index is 2.74. The Bertz CT molecular complexity index is 330. The van der Waals surface area contributed by atoms with Gasteiger partial charge in [-0.3, -0.25) is 0 Å². The van der Waals surface area contributed by atoms with Crippen LogP contribution in [-0.4, -0.2) is 12.6 Å². The molecular formula is C11H12O2S. The molecule has 0 heterocycles. The third kappa shape index (κ3) is 3.26. The Kier molecular flexibility index (Phi) is 4.26. The summed E-state index contributed by atoms with van der Waals surface area (Å²) in [6, 6.07) is 9.51. The molecule has 14 heavy (non-hydrogen) atoms. The highest BCUT2D eigenvalue weighted by molar-refractivity contribution is 7.85. The summed E-state index contributed by atoms with van der Waals surface area (Å²) < 4.78 is 4.79. The van der Waals surface area contributed by atoms with Gasteiger partial charge in [-0.05, 0) is 18.6 Å². The summed E-state index contributed by atoms with van der Waals surface area (Å²) in [5.74, 6) is -0.389. The molecular weight excluding hydrogens is 196 g/mol. The highest BCUT2D eigenvalue weighted by Gasteiger charge is 2.04. The van der Waals surface area contributed by atoms with Crippen LogP contribution in [0.1, 0.15) is 12.5 Å². The maximum Gasteiger partial charge on any atom is 0.344 e. The van der Waals surface area contributed by atoms with Crippen LogP contribution in [0.3, 0.4) is 0 Å². The SMILES string of the molecule is CCOC(=O)/C(S)=C/c1ccccc1. The normalized spacial score (nSPS) is 11.1. The van der Waals surface area contributed by atoms with E-state index in [1.807, 2.05) is 30.3 Å². The van der Waals surface area contributed by atoms with Crippen LogP contribution in [0, 0.1) is 0 Å². The fourth-order valence-electron chi connectivity index (χ4n) is 0.971. The molecule has 0 bridgehead atoms. The predicted molar refractivity (Wildman–Crippen MR) is 60.0 cm³/mol. The molecule has 2 nitrogen and oxygen atoms in total. The molecule has 0 fully saturated rings. The van der Waals surface area contributed by atoms with Crippen LogP contribution < -0.4 is 0 Å². The van der Waals surface area contributed by atoms with Crippen molar-refractivity contribution in [1.82, 2.24) is 0 Å². The maximum absolute atomic E-state index is 11.2. The van der Waals surface area contributed by atoms with E-state index in [2.05, 4.69) is 12.6 Å². The summed E-state index contributed by atoms with van der Waals surface area (Å²) >= 11 is 4.06. The molecule has 1 aromatic carbocycles. The van der Waals surface area contributed by atoms with E-state index in [1.165, 1.54) is 0 Å². The Hall–Kier alpha value is -1.22. The van der Waals surface area contributed by atoms with Crippen LogP contribution in [0.2, 0.25) is 0 Å². The fraction of sp³-hybridized carbons (Fsp3) is 0.182. The summed E-state index contributed by atoms with van der Waals surface area (Å²) in [5.41, 5.74) is 0.936. The lowest BCUT2D eigenvalue weighted by Gasteiger charge is -2.00. The fourth-order valence-corrected chi connectivity index (χ4v) is 1.18. The third-order valence-electron chi connectivity index (χ3n) is 1.59. The van der Waals surface area contributed by atoms with Gasteiger partial charge in [0, 0.05) is 0 Å². The summed E-state index contributed by atoms with van der Waals surface area (Å²) in [6.45, 7) is 2.13. The van der Waals surface area contributed by atoms with Crippen molar-refractivity contribution in [3.05, 3.63) is 40.8 Å². The Morgan fingerprint density at radius 2 is 2.07 bits per heavy atom. The molecule has 74 valence electrons. The zero-order valence-corrected chi connectivity index (χ0v) is 8.83. The summed E-state index contributed by atoms with van der Waals surface area (Å²) in [7, 11) is 0. The zero-order chi connectivity index (χ0) is 10.4. The van der Waals surface area contributed by atoms with Gasteiger partial charge < -0.3 is 4.74 Å². The Morgan fingerprint density at radius 1 is 1.43 bits per heavy atom. The first-order valence-corrected chi connectivity index (χ1v) is 4.81. The van der Waals surface area contributed by atoms with E-state index in [0.29, 0.717) is 11.5 Å². The van der Waals surface area contributed by atoms with Crippen molar-refractivity contribution in [1.29, 1.82) is 0 Å². The molecule has 0 saturated heterocycles. The van der Waals surface area contributed by atoms with Crippen LogP contribution in [0.4, 0.5) is 0 Å². The van der Waals surface area contributed by atoms with E-state index in [9.17, 15) is 4.79 Å². The summed E-state index contributed by atoms with van der Waals surface area (Å²) in [4.78, 5) is 11.5. The van der Waals surface area contributed by atoms with Crippen molar-refractivity contribution in [3.8, 4) is 0 Å². The topological polar surface area (TPSA) is 26.3 Å². The molecule has 0 aliphatic heterocycles. The second kappa shape index (κ2) is 5.50. The number of thiol groups is 1. The molecule has 0 atom stereocenters. The number of esters is 1. The number of carbonyl (C=O) groups is 1.